The van der Waals surface area contributed by atoms with Gasteiger partial charge in [0.2, 0.25) is 6.29 Å². The molecule has 0 amide bonds. The van der Waals surface area contributed by atoms with Gasteiger partial charge in [-0.1, -0.05) is 0 Å². The summed E-state index contributed by atoms with van der Waals surface area (Å²) >= 11 is 0. The monoisotopic (exact) mass is 174 g/mol. The third-order valence-corrected chi connectivity index (χ3v) is 1.59. The van der Waals surface area contributed by atoms with Crippen molar-refractivity contribution in [1.82, 2.24) is 0 Å². The van der Waals surface area contributed by atoms with E-state index in [-0.39, 0.29) is 18.4 Å². The minimum absolute atomic E-state index is 0.0816. The van der Waals surface area contributed by atoms with Gasteiger partial charge < -0.3 is 14.2 Å². The van der Waals surface area contributed by atoms with E-state index in [9.17, 15) is 4.79 Å². The maximum atomic E-state index is 10.6. The van der Waals surface area contributed by atoms with Crippen molar-refractivity contribution in [2.45, 2.75) is 45.9 Å². The zero-order chi connectivity index (χ0) is 9.14. The highest BCUT2D eigenvalue weighted by molar-refractivity contribution is 5.66. The molecule has 0 N–H and O–H groups in total. The van der Waals surface area contributed by atoms with Gasteiger partial charge in [0.1, 0.15) is 0 Å². The molecule has 0 aromatic rings. The quantitative estimate of drug-likeness (QED) is 0.557. The standard InChI is InChI=1S/C8H14O4/c1-5-4-8(11-6(2)9)12-7(3)10-5/h5,7-8H,4H2,1-3H3/t5-,7+,8+/m0/s1. The lowest BCUT2D eigenvalue weighted by Crippen LogP contribution is -2.37. The lowest BCUT2D eigenvalue weighted by atomic mass is 10.2. The van der Waals surface area contributed by atoms with Crippen molar-refractivity contribution in [1.29, 1.82) is 0 Å². The summed E-state index contributed by atoms with van der Waals surface area (Å²) < 4.78 is 15.4. The normalized spacial score (nSPS) is 36.1. The van der Waals surface area contributed by atoms with Gasteiger partial charge in [0.15, 0.2) is 6.29 Å². The Morgan fingerprint density at radius 1 is 1.42 bits per heavy atom. The Balaban J connectivity index is 2.38. The molecule has 0 aromatic heterocycles. The first kappa shape index (κ1) is 9.48. The largest absolute Gasteiger partial charge is 0.436 e. The highest BCUT2D eigenvalue weighted by Gasteiger charge is 2.26. The molecule has 1 rings (SSSR count). The Morgan fingerprint density at radius 2 is 2.08 bits per heavy atom. The Kier molecular flexibility index (Phi) is 3.05. The van der Waals surface area contributed by atoms with Crippen molar-refractivity contribution in [3.05, 3.63) is 0 Å². The fourth-order valence-corrected chi connectivity index (χ4v) is 1.22. The van der Waals surface area contributed by atoms with E-state index < -0.39 is 6.29 Å². The number of ether oxygens (including phenoxy) is 3. The summed E-state index contributed by atoms with van der Waals surface area (Å²) in [5.41, 5.74) is 0. The molecule has 4 nitrogen and oxygen atoms in total. The van der Waals surface area contributed by atoms with Crippen LogP contribution in [-0.4, -0.2) is 24.7 Å². The van der Waals surface area contributed by atoms with Crippen LogP contribution in [0.3, 0.4) is 0 Å². The lowest BCUT2D eigenvalue weighted by molar-refractivity contribution is -0.288. The van der Waals surface area contributed by atoms with E-state index in [1.54, 1.807) is 6.92 Å². The van der Waals surface area contributed by atoms with Crippen LogP contribution in [0.15, 0.2) is 0 Å². The van der Waals surface area contributed by atoms with E-state index in [0.717, 1.165) is 0 Å². The predicted octanol–water partition coefficient (Wildman–Crippen LogP) is 1.05. The third-order valence-electron chi connectivity index (χ3n) is 1.59. The predicted molar refractivity (Wildman–Crippen MR) is 41.3 cm³/mol. The average molecular weight is 174 g/mol. The molecule has 0 radical (unpaired) electrons. The highest BCUT2D eigenvalue weighted by atomic mass is 16.8. The Hall–Kier alpha value is -0.610. The van der Waals surface area contributed by atoms with Gasteiger partial charge in [0, 0.05) is 13.3 Å². The fourth-order valence-electron chi connectivity index (χ4n) is 1.22. The van der Waals surface area contributed by atoms with Gasteiger partial charge >= 0.3 is 5.97 Å². The number of hydrogen-bond donors (Lipinski definition) is 0. The summed E-state index contributed by atoms with van der Waals surface area (Å²) in [6.45, 7) is 5.08. The van der Waals surface area contributed by atoms with Crippen LogP contribution in [0.4, 0.5) is 0 Å². The van der Waals surface area contributed by atoms with Crippen LogP contribution >= 0.6 is 0 Å². The third kappa shape index (κ3) is 2.79. The van der Waals surface area contributed by atoms with Crippen LogP contribution in [0.2, 0.25) is 0 Å². The first-order valence-corrected chi connectivity index (χ1v) is 4.06. The first-order valence-electron chi connectivity index (χ1n) is 4.06. The van der Waals surface area contributed by atoms with Crippen molar-refractivity contribution in [2.24, 2.45) is 0 Å². The van der Waals surface area contributed by atoms with E-state index in [1.807, 2.05) is 6.92 Å². The van der Waals surface area contributed by atoms with Crippen molar-refractivity contribution < 1.29 is 19.0 Å². The van der Waals surface area contributed by atoms with Crippen LogP contribution in [0.5, 0.6) is 0 Å². The van der Waals surface area contributed by atoms with E-state index in [2.05, 4.69) is 0 Å². The van der Waals surface area contributed by atoms with Crippen LogP contribution in [-0.2, 0) is 19.0 Å². The minimum atomic E-state index is -0.443. The molecule has 0 unspecified atom stereocenters. The molecule has 0 aromatic carbocycles. The molecule has 70 valence electrons. The summed E-state index contributed by atoms with van der Waals surface area (Å²) in [5.74, 6) is -0.318. The number of rotatable bonds is 1. The molecule has 12 heavy (non-hydrogen) atoms. The van der Waals surface area contributed by atoms with Gasteiger partial charge in [-0.3, -0.25) is 4.79 Å². The summed E-state index contributed by atoms with van der Waals surface area (Å²) in [7, 11) is 0. The van der Waals surface area contributed by atoms with Crippen LogP contribution in [0, 0.1) is 0 Å². The zero-order valence-corrected chi connectivity index (χ0v) is 7.57. The fraction of sp³-hybridized carbons (Fsp3) is 0.875. The van der Waals surface area contributed by atoms with Crippen molar-refractivity contribution in [2.75, 3.05) is 0 Å². The van der Waals surface area contributed by atoms with Crippen molar-refractivity contribution in [3.8, 4) is 0 Å². The number of carbonyl (C=O) groups excluding carboxylic acids is 1. The number of esters is 1. The van der Waals surface area contributed by atoms with Crippen molar-refractivity contribution in [3.63, 3.8) is 0 Å². The number of hydrogen-bond acceptors (Lipinski definition) is 4. The second-order valence-corrected chi connectivity index (χ2v) is 2.93. The summed E-state index contributed by atoms with van der Waals surface area (Å²) in [4.78, 5) is 10.6. The summed E-state index contributed by atoms with van der Waals surface area (Å²) in [6.07, 6.45) is -0.0540. The van der Waals surface area contributed by atoms with Gasteiger partial charge in [0.05, 0.1) is 6.10 Å². The van der Waals surface area contributed by atoms with Gasteiger partial charge in [-0.05, 0) is 13.8 Å². The zero-order valence-electron chi connectivity index (χ0n) is 7.57. The molecule has 1 aliphatic heterocycles. The molecule has 0 spiro atoms. The molecule has 3 atom stereocenters. The van der Waals surface area contributed by atoms with E-state index in [4.69, 9.17) is 14.2 Å². The van der Waals surface area contributed by atoms with Gasteiger partial charge in [-0.2, -0.15) is 0 Å². The van der Waals surface area contributed by atoms with Gasteiger partial charge in [-0.25, -0.2) is 0 Å². The molecule has 1 saturated heterocycles. The summed E-state index contributed by atoms with van der Waals surface area (Å²) in [6, 6.07) is 0. The SMILES string of the molecule is CC(=O)O[C@H]1C[C@H](C)O[C@@H](C)O1. The maximum Gasteiger partial charge on any atom is 0.304 e. The van der Waals surface area contributed by atoms with Gasteiger partial charge in [0.25, 0.3) is 0 Å². The Bertz CT molecular complexity index is 158. The Labute approximate surface area is 71.8 Å². The highest BCUT2D eigenvalue weighted by Crippen LogP contribution is 2.18. The molecular formula is C8H14O4. The van der Waals surface area contributed by atoms with Crippen molar-refractivity contribution >= 4 is 5.97 Å². The average Bonchev–Trinajstić information content (AvgIpc) is 1.81. The molecule has 4 heteroatoms. The molecule has 1 fully saturated rings. The second kappa shape index (κ2) is 3.87. The second-order valence-electron chi connectivity index (χ2n) is 2.93. The first-order chi connectivity index (χ1) is 5.58. The lowest BCUT2D eigenvalue weighted by Gasteiger charge is -2.31. The summed E-state index contributed by atoms with van der Waals surface area (Å²) in [5, 5.41) is 0. The van der Waals surface area contributed by atoms with Crippen LogP contribution in [0.25, 0.3) is 0 Å². The smallest absolute Gasteiger partial charge is 0.304 e. The molecule has 1 aliphatic rings. The minimum Gasteiger partial charge on any atom is -0.436 e. The molecule has 1 heterocycles. The topological polar surface area (TPSA) is 44.8 Å². The van der Waals surface area contributed by atoms with Crippen LogP contribution in [0.1, 0.15) is 27.2 Å². The molecule has 0 aliphatic carbocycles. The molecule has 0 bridgehead atoms. The Morgan fingerprint density at radius 3 is 2.58 bits per heavy atom. The van der Waals surface area contributed by atoms with E-state index in [0.29, 0.717) is 6.42 Å². The van der Waals surface area contributed by atoms with Crippen LogP contribution < -0.4 is 0 Å². The molecular weight excluding hydrogens is 160 g/mol. The van der Waals surface area contributed by atoms with E-state index >= 15 is 0 Å². The number of carbonyl (C=O) groups is 1. The maximum absolute atomic E-state index is 10.6. The van der Waals surface area contributed by atoms with E-state index in [1.165, 1.54) is 6.92 Å². The van der Waals surface area contributed by atoms with Gasteiger partial charge in [-0.15, -0.1) is 0 Å². The molecule has 0 saturated carbocycles.